The van der Waals surface area contributed by atoms with Crippen LogP contribution in [0.1, 0.15) is 16.7 Å². The van der Waals surface area contributed by atoms with Crippen molar-refractivity contribution >= 4 is 43.9 Å². The molecule has 0 aliphatic heterocycles. The summed E-state index contributed by atoms with van der Waals surface area (Å²) in [5.74, 6) is 0. The fourth-order valence-corrected chi connectivity index (χ4v) is 4.16. The first-order valence-corrected chi connectivity index (χ1v) is 9.57. The van der Waals surface area contributed by atoms with Crippen LogP contribution in [0.5, 0.6) is 0 Å². The molecule has 0 radical (unpaired) electrons. The van der Waals surface area contributed by atoms with E-state index in [9.17, 15) is 0 Å². The molecule has 0 saturated heterocycles. The Morgan fingerprint density at radius 1 is 0.536 bits per heavy atom. The molecule has 28 heavy (non-hydrogen) atoms. The average Bonchev–Trinajstić information content (AvgIpc) is 3.25. The Balaban J connectivity index is 1.42. The number of hydrogen-bond donors (Lipinski definition) is 0. The first kappa shape index (κ1) is 15.5. The molecule has 0 atom stereocenters. The first-order chi connectivity index (χ1) is 13.7. The van der Waals surface area contributed by atoms with Gasteiger partial charge in [0.2, 0.25) is 0 Å². The van der Waals surface area contributed by atoms with Crippen LogP contribution in [0.25, 0.3) is 43.9 Å². The van der Waals surface area contributed by atoms with Gasteiger partial charge in [0.15, 0.2) is 0 Å². The van der Waals surface area contributed by atoms with Gasteiger partial charge in [-0.3, -0.25) is 0 Å². The molecule has 0 aliphatic rings. The summed E-state index contributed by atoms with van der Waals surface area (Å²) in [5, 5.41) is 4.70. The second kappa shape index (κ2) is 5.74. The minimum Gasteiger partial charge on any atom is -0.456 e. The molecule has 0 bridgehead atoms. The quantitative estimate of drug-likeness (QED) is 0.321. The highest BCUT2D eigenvalue weighted by Gasteiger charge is 2.10. The summed E-state index contributed by atoms with van der Waals surface area (Å²) in [5.41, 5.74) is 7.49. The zero-order valence-electron chi connectivity index (χ0n) is 15.5. The molecule has 0 N–H and O–H groups in total. The summed E-state index contributed by atoms with van der Waals surface area (Å²) in [4.78, 5) is 0. The Kier molecular flexibility index (Phi) is 3.18. The molecule has 0 saturated carbocycles. The predicted octanol–water partition coefficient (Wildman–Crippen LogP) is 7.38. The molecule has 2 aromatic heterocycles. The lowest BCUT2D eigenvalue weighted by atomic mass is 10.0. The molecule has 134 valence electrons. The number of aryl methyl sites for hydroxylation is 1. The zero-order chi connectivity index (χ0) is 18.7. The van der Waals surface area contributed by atoms with E-state index in [0.29, 0.717) is 0 Å². The van der Waals surface area contributed by atoms with E-state index in [0.717, 1.165) is 28.8 Å². The maximum Gasteiger partial charge on any atom is 0.135 e. The summed E-state index contributed by atoms with van der Waals surface area (Å²) in [6, 6.07) is 27.6. The van der Waals surface area contributed by atoms with Gasteiger partial charge in [-0.1, -0.05) is 54.1 Å². The van der Waals surface area contributed by atoms with E-state index in [4.69, 9.17) is 8.83 Å². The van der Waals surface area contributed by atoms with Crippen LogP contribution in [0.2, 0.25) is 0 Å². The molecule has 2 heterocycles. The van der Waals surface area contributed by atoms with Crippen LogP contribution in [0, 0.1) is 6.92 Å². The SMILES string of the molecule is Cc1ccc2oc3cc(Cc4ccc5c(c4)oc4ccccc45)ccc3c2c1. The molecule has 0 spiro atoms. The van der Waals surface area contributed by atoms with Crippen LogP contribution in [0.4, 0.5) is 0 Å². The molecule has 0 fully saturated rings. The zero-order valence-corrected chi connectivity index (χ0v) is 15.5. The third-order valence-electron chi connectivity index (χ3n) is 5.54. The van der Waals surface area contributed by atoms with Gasteiger partial charge >= 0.3 is 0 Å². The van der Waals surface area contributed by atoms with Gasteiger partial charge in [0.1, 0.15) is 22.3 Å². The van der Waals surface area contributed by atoms with Crippen LogP contribution in [-0.2, 0) is 6.42 Å². The summed E-state index contributed by atoms with van der Waals surface area (Å²) in [7, 11) is 0. The van der Waals surface area contributed by atoms with Gasteiger partial charge in [-0.25, -0.2) is 0 Å². The van der Waals surface area contributed by atoms with Crippen molar-refractivity contribution < 1.29 is 8.83 Å². The van der Waals surface area contributed by atoms with Crippen molar-refractivity contribution in [1.82, 2.24) is 0 Å². The topological polar surface area (TPSA) is 26.3 Å². The lowest BCUT2D eigenvalue weighted by Gasteiger charge is -2.02. The van der Waals surface area contributed by atoms with Gasteiger partial charge in [0.05, 0.1) is 0 Å². The lowest BCUT2D eigenvalue weighted by molar-refractivity contribution is 0.668. The summed E-state index contributed by atoms with van der Waals surface area (Å²) in [6.45, 7) is 2.11. The fraction of sp³-hybridized carbons (Fsp3) is 0.0769. The first-order valence-electron chi connectivity index (χ1n) is 9.57. The van der Waals surface area contributed by atoms with Crippen LogP contribution in [-0.4, -0.2) is 0 Å². The van der Waals surface area contributed by atoms with E-state index in [1.54, 1.807) is 0 Å². The minimum absolute atomic E-state index is 0.846. The normalized spacial score (nSPS) is 11.9. The van der Waals surface area contributed by atoms with E-state index in [-0.39, 0.29) is 0 Å². The number of rotatable bonds is 2. The molecule has 2 nitrogen and oxygen atoms in total. The smallest absolute Gasteiger partial charge is 0.135 e. The maximum absolute atomic E-state index is 6.08. The highest BCUT2D eigenvalue weighted by atomic mass is 16.3. The van der Waals surface area contributed by atoms with Crippen LogP contribution in [0.15, 0.2) is 87.7 Å². The number of hydrogen-bond acceptors (Lipinski definition) is 2. The standard InChI is InChI=1S/C26H18O2/c1-16-6-11-24-22(12-16)21-10-8-18(15-26(21)28-24)13-17-7-9-20-19-4-2-3-5-23(19)27-25(20)14-17/h2-12,14-15H,13H2,1H3. The van der Waals surface area contributed by atoms with Crippen molar-refractivity contribution in [2.45, 2.75) is 13.3 Å². The molecule has 2 heteroatoms. The molecular formula is C26H18O2. The van der Waals surface area contributed by atoms with Crippen LogP contribution < -0.4 is 0 Å². The Morgan fingerprint density at radius 2 is 1.14 bits per heavy atom. The number of furan rings is 2. The van der Waals surface area contributed by atoms with E-state index in [1.165, 1.54) is 38.2 Å². The van der Waals surface area contributed by atoms with Crippen molar-refractivity contribution in [3.05, 3.63) is 95.6 Å². The number of fused-ring (bicyclic) bond motifs is 6. The third kappa shape index (κ3) is 2.35. The monoisotopic (exact) mass is 362 g/mol. The second-order valence-electron chi connectivity index (χ2n) is 7.54. The molecule has 6 aromatic rings. The average molecular weight is 362 g/mol. The Morgan fingerprint density at radius 3 is 1.89 bits per heavy atom. The fourth-order valence-electron chi connectivity index (χ4n) is 4.16. The molecule has 0 unspecified atom stereocenters. The van der Waals surface area contributed by atoms with Crippen molar-refractivity contribution in [2.24, 2.45) is 0 Å². The van der Waals surface area contributed by atoms with Crippen molar-refractivity contribution in [1.29, 1.82) is 0 Å². The molecule has 0 aliphatic carbocycles. The van der Waals surface area contributed by atoms with E-state index >= 15 is 0 Å². The number of para-hydroxylation sites is 1. The summed E-state index contributed by atoms with van der Waals surface area (Å²) < 4.78 is 12.1. The van der Waals surface area contributed by atoms with E-state index < -0.39 is 0 Å². The Labute approximate surface area is 162 Å². The van der Waals surface area contributed by atoms with E-state index in [1.807, 2.05) is 12.1 Å². The van der Waals surface area contributed by atoms with Crippen molar-refractivity contribution in [2.75, 3.05) is 0 Å². The van der Waals surface area contributed by atoms with Gasteiger partial charge in [0, 0.05) is 21.5 Å². The highest BCUT2D eigenvalue weighted by Crippen LogP contribution is 2.32. The van der Waals surface area contributed by atoms with Crippen molar-refractivity contribution in [3.63, 3.8) is 0 Å². The second-order valence-corrected chi connectivity index (χ2v) is 7.54. The molecule has 4 aromatic carbocycles. The minimum atomic E-state index is 0.846. The third-order valence-corrected chi connectivity index (χ3v) is 5.54. The van der Waals surface area contributed by atoms with Crippen molar-refractivity contribution in [3.8, 4) is 0 Å². The Hall–Kier alpha value is -3.52. The van der Waals surface area contributed by atoms with Gasteiger partial charge in [0.25, 0.3) is 0 Å². The molecular weight excluding hydrogens is 344 g/mol. The van der Waals surface area contributed by atoms with Crippen LogP contribution >= 0.6 is 0 Å². The number of benzene rings is 4. The molecule has 0 amide bonds. The van der Waals surface area contributed by atoms with E-state index in [2.05, 4.69) is 73.7 Å². The highest BCUT2D eigenvalue weighted by molar-refractivity contribution is 6.06. The summed E-state index contributed by atoms with van der Waals surface area (Å²) >= 11 is 0. The summed E-state index contributed by atoms with van der Waals surface area (Å²) in [6.07, 6.45) is 0.846. The lowest BCUT2D eigenvalue weighted by Crippen LogP contribution is -1.87. The predicted molar refractivity (Wildman–Crippen MR) is 115 cm³/mol. The van der Waals surface area contributed by atoms with Crippen LogP contribution in [0.3, 0.4) is 0 Å². The maximum atomic E-state index is 6.08. The molecule has 6 rings (SSSR count). The Bertz CT molecular complexity index is 1500. The van der Waals surface area contributed by atoms with Gasteiger partial charge in [-0.15, -0.1) is 0 Å². The van der Waals surface area contributed by atoms with Gasteiger partial charge in [-0.05, 0) is 54.8 Å². The van der Waals surface area contributed by atoms with Gasteiger partial charge in [-0.2, -0.15) is 0 Å². The van der Waals surface area contributed by atoms with Gasteiger partial charge < -0.3 is 8.83 Å². The largest absolute Gasteiger partial charge is 0.456 e.